The number of rotatable bonds is 1. The van der Waals surface area contributed by atoms with Crippen LogP contribution >= 0.6 is 0 Å². The molecule has 0 amide bonds. The van der Waals surface area contributed by atoms with E-state index in [4.69, 9.17) is 6.57 Å². The molecule has 17 heavy (non-hydrogen) atoms. The highest BCUT2D eigenvalue weighted by atomic mass is 32.2. The summed E-state index contributed by atoms with van der Waals surface area (Å²) in [6, 6.07) is 0.373. The molecule has 96 valence electrons. The molecule has 0 aromatic heterocycles. The van der Waals surface area contributed by atoms with Crippen LogP contribution in [0.15, 0.2) is 4.36 Å². The molecule has 2 fully saturated rings. The van der Waals surface area contributed by atoms with Gasteiger partial charge in [0.2, 0.25) is 5.54 Å². The molecule has 1 saturated carbocycles. The Labute approximate surface area is 105 Å². The van der Waals surface area contributed by atoms with Crippen molar-refractivity contribution in [3.05, 3.63) is 11.4 Å². The van der Waals surface area contributed by atoms with Crippen LogP contribution in [0.4, 0.5) is 0 Å². The zero-order valence-electron chi connectivity index (χ0n) is 11.0. The Balaban J connectivity index is 2.17. The minimum Gasteiger partial charge on any atom is -0.310 e. The Bertz CT molecular complexity index is 443. The summed E-state index contributed by atoms with van der Waals surface area (Å²) in [5.41, 5.74) is -0.359. The molecule has 0 bridgehead atoms. The van der Waals surface area contributed by atoms with Crippen LogP contribution < -0.4 is 0 Å². The van der Waals surface area contributed by atoms with E-state index >= 15 is 0 Å². The lowest BCUT2D eigenvalue weighted by atomic mass is 9.70. The topological polar surface area (TPSA) is 33.8 Å². The van der Waals surface area contributed by atoms with Crippen LogP contribution in [-0.4, -0.2) is 27.3 Å². The van der Waals surface area contributed by atoms with Crippen LogP contribution in [0.2, 0.25) is 0 Å². The van der Waals surface area contributed by atoms with Gasteiger partial charge in [0, 0.05) is 39.5 Å². The third-order valence-electron chi connectivity index (χ3n) is 4.17. The van der Waals surface area contributed by atoms with Crippen LogP contribution in [0.5, 0.6) is 0 Å². The van der Waals surface area contributed by atoms with Gasteiger partial charge in [0.1, 0.15) is 0 Å². The molecular weight excluding hydrogens is 232 g/mol. The normalized spacial score (nSPS) is 38.5. The average Bonchev–Trinajstić information content (AvgIpc) is 3.01. The van der Waals surface area contributed by atoms with E-state index < -0.39 is 9.73 Å². The molecule has 1 aliphatic heterocycles. The highest BCUT2D eigenvalue weighted by molar-refractivity contribution is 7.93. The summed E-state index contributed by atoms with van der Waals surface area (Å²) in [7, 11) is -1.99. The molecular formula is C13H22N2OS. The fourth-order valence-electron chi connectivity index (χ4n) is 2.47. The molecule has 1 heterocycles. The lowest BCUT2D eigenvalue weighted by Crippen LogP contribution is -2.46. The fraction of sp³-hybridized carbons (Fsp3) is 0.923. The van der Waals surface area contributed by atoms with Crippen molar-refractivity contribution in [1.82, 2.24) is 0 Å². The van der Waals surface area contributed by atoms with Gasteiger partial charge >= 0.3 is 0 Å². The van der Waals surface area contributed by atoms with Gasteiger partial charge in [-0.05, 0) is 12.8 Å². The van der Waals surface area contributed by atoms with Crippen LogP contribution in [0.1, 0.15) is 46.5 Å². The summed E-state index contributed by atoms with van der Waals surface area (Å²) in [5.74, 6) is 1.26. The SMILES string of the molecule is [C-]#[N+]C1(C(C)(C)C)CCS(=O)(=NC2CC2)CC1. The fourth-order valence-corrected chi connectivity index (χ4v) is 4.95. The van der Waals surface area contributed by atoms with Gasteiger partial charge in [-0.25, -0.2) is 15.1 Å². The van der Waals surface area contributed by atoms with Crippen molar-refractivity contribution in [2.75, 3.05) is 11.5 Å². The predicted molar refractivity (Wildman–Crippen MR) is 71.3 cm³/mol. The van der Waals surface area contributed by atoms with Gasteiger partial charge in [0.05, 0.1) is 6.04 Å². The summed E-state index contributed by atoms with van der Waals surface area (Å²) < 4.78 is 17.0. The molecule has 0 radical (unpaired) electrons. The van der Waals surface area contributed by atoms with Crippen molar-refractivity contribution < 1.29 is 4.21 Å². The average molecular weight is 254 g/mol. The molecule has 0 unspecified atom stereocenters. The Morgan fingerprint density at radius 1 is 1.29 bits per heavy atom. The largest absolute Gasteiger partial charge is 0.310 e. The Morgan fingerprint density at radius 3 is 2.18 bits per heavy atom. The van der Waals surface area contributed by atoms with Gasteiger partial charge in [-0.2, -0.15) is 0 Å². The zero-order valence-corrected chi connectivity index (χ0v) is 11.8. The summed E-state index contributed by atoms with van der Waals surface area (Å²) in [6.07, 6.45) is 3.72. The van der Waals surface area contributed by atoms with Gasteiger partial charge in [0.25, 0.3) is 0 Å². The predicted octanol–water partition coefficient (Wildman–Crippen LogP) is 3.11. The second-order valence-corrected chi connectivity index (χ2v) is 8.98. The van der Waals surface area contributed by atoms with Crippen molar-refractivity contribution in [2.45, 2.75) is 58.0 Å². The second-order valence-electron chi connectivity index (χ2n) is 6.41. The molecule has 4 heteroatoms. The number of nitrogens with zero attached hydrogens (tertiary/aromatic N) is 2. The first-order valence-electron chi connectivity index (χ1n) is 6.41. The van der Waals surface area contributed by atoms with Crippen molar-refractivity contribution in [2.24, 2.45) is 9.78 Å². The first kappa shape index (κ1) is 12.9. The minimum absolute atomic E-state index is 0.0326. The maximum absolute atomic E-state index is 12.5. The first-order valence-corrected chi connectivity index (χ1v) is 8.26. The van der Waals surface area contributed by atoms with Gasteiger partial charge in [-0.3, -0.25) is 0 Å². The molecule has 0 aromatic rings. The molecule has 3 nitrogen and oxygen atoms in total. The smallest absolute Gasteiger partial charge is 0.239 e. The minimum atomic E-state index is -1.99. The maximum atomic E-state index is 12.5. The van der Waals surface area contributed by atoms with Crippen molar-refractivity contribution in [1.29, 1.82) is 0 Å². The number of hydrogen-bond donors (Lipinski definition) is 0. The Morgan fingerprint density at radius 2 is 1.82 bits per heavy atom. The third kappa shape index (κ3) is 2.49. The lowest BCUT2D eigenvalue weighted by Gasteiger charge is -2.37. The molecule has 1 aliphatic carbocycles. The standard InChI is InChI=1S/C13H22N2OS/c1-12(2,3)13(14-4)7-9-17(16,10-8-13)15-11-5-6-11/h11H,5-10H2,1-3H3. The van der Waals surface area contributed by atoms with E-state index in [0.29, 0.717) is 17.5 Å². The molecule has 0 N–H and O–H groups in total. The highest BCUT2D eigenvalue weighted by Crippen LogP contribution is 2.43. The van der Waals surface area contributed by atoms with Gasteiger partial charge in [-0.15, -0.1) is 0 Å². The summed E-state index contributed by atoms with van der Waals surface area (Å²) in [4.78, 5) is 3.89. The van der Waals surface area contributed by atoms with Crippen molar-refractivity contribution in [3.8, 4) is 0 Å². The van der Waals surface area contributed by atoms with Crippen molar-refractivity contribution >= 4 is 9.73 Å². The molecule has 2 rings (SSSR count). The van der Waals surface area contributed by atoms with Gasteiger partial charge < -0.3 is 4.85 Å². The van der Waals surface area contributed by atoms with Gasteiger partial charge in [-0.1, -0.05) is 20.8 Å². The van der Waals surface area contributed by atoms with E-state index in [0.717, 1.165) is 25.7 Å². The Kier molecular flexibility index (Phi) is 3.02. The lowest BCUT2D eigenvalue weighted by molar-refractivity contribution is 0.215. The van der Waals surface area contributed by atoms with Crippen LogP contribution in [0, 0.1) is 12.0 Å². The summed E-state index contributed by atoms with van der Waals surface area (Å²) in [6.45, 7) is 13.8. The van der Waals surface area contributed by atoms with Crippen LogP contribution in [-0.2, 0) is 9.73 Å². The second kappa shape index (κ2) is 3.98. The van der Waals surface area contributed by atoms with E-state index in [1.165, 1.54) is 0 Å². The summed E-state index contributed by atoms with van der Waals surface area (Å²) in [5, 5.41) is 0. The molecule has 0 aromatic carbocycles. The van der Waals surface area contributed by atoms with Crippen LogP contribution in [0.25, 0.3) is 4.85 Å². The van der Waals surface area contributed by atoms with E-state index in [2.05, 4.69) is 30.0 Å². The molecule has 0 atom stereocenters. The van der Waals surface area contributed by atoms with E-state index in [1.807, 2.05) is 0 Å². The molecule has 1 saturated heterocycles. The van der Waals surface area contributed by atoms with Gasteiger partial charge in [0.15, 0.2) is 0 Å². The quantitative estimate of drug-likeness (QED) is 0.662. The third-order valence-corrected chi connectivity index (χ3v) is 6.53. The van der Waals surface area contributed by atoms with Crippen LogP contribution in [0.3, 0.4) is 0 Å². The monoisotopic (exact) mass is 254 g/mol. The first-order chi connectivity index (χ1) is 7.80. The zero-order chi connectivity index (χ0) is 12.7. The van der Waals surface area contributed by atoms with E-state index in [1.54, 1.807) is 0 Å². The van der Waals surface area contributed by atoms with Crippen molar-refractivity contribution in [3.63, 3.8) is 0 Å². The Hall–Kier alpha value is -0.560. The number of hydrogen-bond acceptors (Lipinski definition) is 2. The maximum Gasteiger partial charge on any atom is 0.239 e. The molecule has 2 aliphatic rings. The highest BCUT2D eigenvalue weighted by Gasteiger charge is 2.51. The molecule has 0 spiro atoms. The van der Waals surface area contributed by atoms with E-state index in [-0.39, 0.29) is 11.0 Å². The van der Waals surface area contributed by atoms with E-state index in [9.17, 15) is 4.21 Å². The summed E-state index contributed by atoms with van der Waals surface area (Å²) >= 11 is 0.